The number of benzene rings is 4. The largest absolute Gasteiger partial charge is 0.478 e. The van der Waals surface area contributed by atoms with E-state index in [9.17, 15) is 9.59 Å². The van der Waals surface area contributed by atoms with Crippen LogP contribution in [0.15, 0.2) is 84.9 Å². The van der Waals surface area contributed by atoms with Crippen LogP contribution >= 0.6 is 0 Å². The summed E-state index contributed by atoms with van der Waals surface area (Å²) in [6, 6.07) is 22.3. The first-order valence-corrected chi connectivity index (χ1v) is 10.1. The number of nitrogen functional groups attached to an aromatic ring is 2. The van der Waals surface area contributed by atoms with Crippen LogP contribution in [0.5, 0.6) is 23.0 Å². The molecule has 0 spiro atoms. The molecule has 0 aromatic heterocycles. The molecule has 0 heterocycles. The van der Waals surface area contributed by atoms with Crippen molar-refractivity contribution in [2.45, 2.75) is 0 Å². The number of aromatic carboxylic acids is 2. The maximum atomic E-state index is 11.1. The Labute approximate surface area is 194 Å². The van der Waals surface area contributed by atoms with E-state index in [2.05, 4.69) is 0 Å². The fourth-order valence-electron chi connectivity index (χ4n) is 3.28. The van der Waals surface area contributed by atoms with Crippen LogP contribution in [0.3, 0.4) is 0 Å². The van der Waals surface area contributed by atoms with Crippen molar-refractivity contribution in [2.75, 3.05) is 11.5 Å². The highest BCUT2D eigenvalue weighted by atomic mass is 16.5. The highest BCUT2D eigenvalue weighted by Crippen LogP contribution is 2.41. The standard InChI is InChI=1S/C26H20N2O6/c27-17-5-11-21(23(13-17)33-19-7-1-15(2-8-19)25(29)30)22-12-6-18(28)14-24(22)34-20-9-3-16(4-10-20)26(31)32/h1-14H,27-28H2,(H,29,30)(H,31,32). The monoisotopic (exact) mass is 456 g/mol. The lowest BCUT2D eigenvalue weighted by Gasteiger charge is -2.16. The van der Waals surface area contributed by atoms with Crippen molar-refractivity contribution in [1.82, 2.24) is 0 Å². The second-order valence-corrected chi connectivity index (χ2v) is 7.37. The summed E-state index contributed by atoms with van der Waals surface area (Å²) in [5.41, 5.74) is 14.5. The van der Waals surface area contributed by atoms with Gasteiger partial charge in [-0.15, -0.1) is 0 Å². The molecule has 0 amide bonds. The molecule has 0 radical (unpaired) electrons. The molecule has 170 valence electrons. The number of nitrogens with two attached hydrogens (primary N) is 2. The second-order valence-electron chi connectivity index (χ2n) is 7.37. The van der Waals surface area contributed by atoms with Crippen LogP contribution in [0.1, 0.15) is 20.7 Å². The van der Waals surface area contributed by atoms with Gasteiger partial charge in [0.1, 0.15) is 23.0 Å². The topological polar surface area (TPSA) is 145 Å². The number of hydrogen-bond acceptors (Lipinski definition) is 6. The molecule has 0 unspecified atom stereocenters. The zero-order chi connectivity index (χ0) is 24.2. The van der Waals surface area contributed by atoms with E-state index in [0.29, 0.717) is 45.5 Å². The summed E-state index contributed by atoms with van der Waals surface area (Å²) in [6.45, 7) is 0. The molecule has 8 heteroatoms. The molecule has 0 saturated heterocycles. The average Bonchev–Trinajstić information content (AvgIpc) is 2.80. The summed E-state index contributed by atoms with van der Waals surface area (Å²) >= 11 is 0. The molecule has 4 aromatic rings. The Bertz CT molecular complexity index is 1260. The Morgan fingerprint density at radius 2 is 0.912 bits per heavy atom. The van der Waals surface area contributed by atoms with E-state index in [1.165, 1.54) is 24.3 Å². The number of carboxylic acids is 2. The molecule has 34 heavy (non-hydrogen) atoms. The van der Waals surface area contributed by atoms with Crippen molar-refractivity contribution in [3.05, 3.63) is 96.1 Å². The van der Waals surface area contributed by atoms with Gasteiger partial charge in [-0.25, -0.2) is 9.59 Å². The summed E-state index contributed by atoms with van der Waals surface area (Å²) in [6.07, 6.45) is 0. The van der Waals surface area contributed by atoms with E-state index < -0.39 is 11.9 Å². The van der Waals surface area contributed by atoms with Crippen molar-refractivity contribution >= 4 is 23.3 Å². The molecule has 4 rings (SSSR count). The Morgan fingerprint density at radius 3 is 1.24 bits per heavy atom. The summed E-state index contributed by atoms with van der Waals surface area (Å²) in [5, 5.41) is 18.2. The lowest BCUT2D eigenvalue weighted by Crippen LogP contribution is -1.97. The third-order valence-corrected chi connectivity index (χ3v) is 4.96. The van der Waals surface area contributed by atoms with Gasteiger partial charge in [0.05, 0.1) is 11.1 Å². The molecule has 0 aliphatic heterocycles. The Morgan fingerprint density at radius 1 is 0.559 bits per heavy atom. The molecule has 0 saturated carbocycles. The van der Waals surface area contributed by atoms with Crippen LogP contribution < -0.4 is 20.9 Å². The lowest BCUT2D eigenvalue weighted by atomic mass is 10.0. The SMILES string of the molecule is Nc1ccc(-c2ccc(N)cc2Oc2ccc(C(=O)O)cc2)c(Oc2ccc(C(=O)O)cc2)c1. The van der Waals surface area contributed by atoms with E-state index in [1.807, 2.05) is 0 Å². The van der Waals surface area contributed by atoms with Gasteiger partial charge < -0.3 is 31.2 Å². The predicted molar refractivity (Wildman–Crippen MR) is 128 cm³/mol. The average molecular weight is 456 g/mol. The smallest absolute Gasteiger partial charge is 0.335 e. The summed E-state index contributed by atoms with van der Waals surface area (Å²) < 4.78 is 12.1. The molecule has 0 fully saturated rings. The van der Waals surface area contributed by atoms with E-state index in [1.54, 1.807) is 60.7 Å². The van der Waals surface area contributed by atoms with Gasteiger partial charge in [-0.2, -0.15) is 0 Å². The molecule has 6 N–H and O–H groups in total. The minimum absolute atomic E-state index is 0.142. The fourth-order valence-corrected chi connectivity index (χ4v) is 3.28. The highest BCUT2D eigenvalue weighted by molar-refractivity contribution is 5.88. The van der Waals surface area contributed by atoms with Crippen LogP contribution in [-0.4, -0.2) is 22.2 Å². The lowest BCUT2D eigenvalue weighted by molar-refractivity contribution is 0.0686. The van der Waals surface area contributed by atoms with Crippen molar-refractivity contribution < 1.29 is 29.3 Å². The van der Waals surface area contributed by atoms with E-state index in [4.69, 9.17) is 31.2 Å². The first-order chi connectivity index (χ1) is 16.3. The van der Waals surface area contributed by atoms with Gasteiger partial charge in [-0.3, -0.25) is 0 Å². The number of hydrogen-bond donors (Lipinski definition) is 4. The van der Waals surface area contributed by atoms with Crippen LogP contribution in [0.25, 0.3) is 11.1 Å². The number of carbonyl (C=O) groups is 2. The van der Waals surface area contributed by atoms with Crippen molar-refractivity contribution in [1.29, 1.82) is 0 Å². The van der Waals surface area contributed by atoms with E-state index in [-0.39, 0.29) is 11.1 Å². The van der Waals surface area contributed by atoms with Gasteiger partial charge in [0.25, 0.3) is 0 Å². The Kier molecular flexibility index (Phi) is 6.05. The normalized spacial score (nSPS) is 10.5. The van der Waals surface area contributed by atoms with Crippen LogP contribution in [0, 0.1) is 0 Å². The number of carboxylic acid groups (broad SMARTS) is 2. The van der Waals surface area contributed by atoms with Gasteiger partial charge in [0.15, 0.2) is 0 Å². The minimum Gasteiger partial charge on any atom is -0.478 e. The maximum Gasteiger partial charge on any atom is 0.335 e. The first kappa shape index (κ1) is 22.2. The summed E-state index contributed by atoms with van der Waals surface area (Å²) in [4.78, 5) is 22.2. The number of ether oxygens (including phenoxy) is 2. The quantitative estimate of drug-likeness (QED) is 0.267. The maximum absolute atomic E-state index is 11.1. The summed E-state index contributed by atoms with van der Waals surface area (Å²) in [7, 11) is 0. The van der Waals surface area contributed by atoms with Crippen molar-refractivity contribution in [2.24, 2.45) is 0 Å². The van der Waals surface area contributed by atoms with Crippen LogP contribution in [0.2, 0.25) is 0 Å². The third kappa shape index (κ3) is 4.91. The van der Waals surface area contributed by atoms with E-state index >= 15 is 0 Å². The van der Waals surface area contributed by atoms with E-state index in [0.717, 1.165) is 0 Å². The molecular formula is C26H20N2O6. The fraction of sp³-hybridized carbons (Fsp3) is 0. The third-order valence-electron chi connectivity index (χ3n) is 4.96. The number of anilines is 2. The summed E-state index contributed by atoms with van der Waals surface area (Å²) in [5.74, 6) is -0.344. The molecule has 0 atom stereocenters. The molecular weight excluding hydrogens is 436 g/mol. The van der Waals surface area contributed by atoms with Crippen LogP contribution in [0.4, 0.5) is 11.4 Å². The highest BCUT2D eigenvalue weighted by Gasteiger charge is 2.15. The van der Waals surface area contributed by atoms with Gasteiger partial charge >= 0.3 is 11.9 Å². The molecule has 4 aromatic carbocycles. The van der Waals surface area contributed by atoms with Gasteiger partial charge in [0.2, 0.25) is 0 Å². The molecule has 0 aliphatic carbocycles. The first-order valence-electron chi connectivity index (χ1n) is 10.1. The predicted octanol–water partition coefficient (Wildman–Crippen LogP) is 5.50. The van der Waals surface area contributed by atoms with Gasteiger partial charge in [-0.1, -0.05) is 0 Å². The zero-order valence-corrected chi connectivity index (χ0v) is 17.8. The Hall–Kier alpha value is -4.98. The molecule has 0 bridgehead atoms. The van der Waals surface area contributed by atoms with Crippen molar-refractivity contribution in [3.63, 3.8) is 0 Å². The minimum atomic E-state index is -1.03. The van der Waals surface area contributed by atoms with Crippen molar-refractivity contribution in [3.8, 4) is 34.1 Å². The van der Waals surface area contributed by atoms with Gasteiger partial charge in [0, 0.05) is 34.6 Å². The van der Waals surface area contributed by atoms with Crippen LogP contribution in [-0.2, 0) is 0 Å². The molecule has 0 aliphatic rings. The zero-order valence-electron chi connectivity index (χ0n) is 17.8. The Balaban J connectivity index is 1.71. The molecule has 8 nitrogen and oxygen atoms in total. The second kappa shape index (κ2) is 9.25. The number of rotatable bonds is 7. The van der Waals surface area contributed by atoms with Gasteiger partial charge in [-0.05, 0) is 72.8 Å².